The second-order valence-corrected chi connectivity index (χ2v) is 14.2. The minimum Gasteiger partial charge on any atom is -0.387 e. The highest BCUT2D eigenvalue weighted by atomic mass is 19.1. The number of hydrogen-bond acceptors (Lipinski definition) is 7. The number of aromatic nitrogens is 2. The Kier molecular flexibility index (Phi) is 14.3. The van der Waals surface area contributed by atoms with Gasteiger partial charge in [-0.15, -0.1) is 0 Å². The van der Waals surface area contributed by atoms with Gasteiger partial charge in [0.25, 0.3) is 0 Å². The summed E-state index contributed by atoms with van der Waals surface area (Å²) in [6.45, 7) is 4.86. The van der Waals surface area contributed by atoms with E-state index < -0.39 is 77.7 Å². The lowest BCUT2D eigenvalue weighted by Gasteiger charge is -2.41. The molecular formula is C40H47F2N7O6. The molecule has 4 rings (SSSR count). The van der Waals surface area contributed by atoms with Crippen LogP contribution in [-0.4, -0.2) is 81.4 Å². The maximum Gasteiger partial charge on any atom is 0.248 e. The van der Waals surface area contributed by atoms with Crippen LogP contribution < -0.4 is 21.7 Å². The molecule has 15 heteroatoms. The Morgan fingerprint density at radius 3 is 2.22 bits per heavy atom. The van der Waals surface area contributed by atoms with Crippen molar-refractivity contribution >= 4 is 29.5 Å². The van der Waals surface area contributed by atoms with E-state index in [1.807, 2.05) is 55.7 Å². The number of nitrogens with one attached hydrogen (secondary N) is 3. The highest BCUT2D eigenvalue weighted by molar-refractivity contribution is 5.95. The van der Waals surface area contributed by atoms with Crippen LogP contribution in [0.2, 0.25) is 0 Å². The van der Waals surface area contributed by atoms with E-state index in [-0.39, 0.29) is 24.9 Å². The molecule has 4 aromatic rings. The topological polar surface area (TPSA) is 189 Å². The van der Waals surface area contributed by atoms with Gasteiger partial charge in [-0.05, 0) is 59.4 Å². The van der Waals surface area contributed by atoms with E-state index in [1.54, 1.807) is 24.4 Å². The molecule has 0 aliphatic carbocycles. The van der Waals surface area contributed by atoms with Crippen LogP contribution in [-0.2, 0) is 36.9 Å². The van der Waals surface area contributed by atoms with Gasteiger partial charge in [0.1, 0.15) is 30.3 Å². The summed E-state index contributed by atoms with van der Waals surface area (Å²) in [4.78, 5) is 70.4. The molecule has 2 heterocycles. The molecule has 55 heavy (non-hydrogen) atoms. The molecule has 0 bridgehead atoms. The fourth-order valence-electron chi connectivity index (χ4n) is 6.43. The normalized spacial score (nSPS) is 12.9. The third kappa shape index (κ3) is 11.5. The van der Waals surface area contributed by atoms with E-state index in [4.69, 9.17) is 5.73 Å². The van der Waals surface area contributed by atoms with E-state index in [0.29, 0.717) is 23.4 Å². The predicted molar refractivity (Wildman–Crippen MR) is 201 cm³/mol. The highest BCUT2D eigenvalue weighted by Gasteiger charge is 2.38. The molecule has 0 unspecified atom stereocenters. The summed E-state index contributed by atoms with van der Waals surface area (Å²) < 4.78 is 31.3. The number of rotatable bonds is 17. The van der Waals surface area contributed by atoms with E-state index >= 15 is 4.39 Å². The van der Waals surface area contributed by atoms with Crippen LogP contribution in [0, 0.1) is 17.0 Å². The largest absolute Gasteiger partial charge is 0.387 e. The van der Waals surface area contributed by atoms with Gasteiger partial charge in [-0.25, -0.2) is 8.78 Å². The summed E-state index contributed by atoms with van der Waals surface area (Å²) in [6.07, 6.45) is 3.85. The summed E-state index contributed by atoms with van der Waals surface area (Å²) in [7, 11) is 1.36. The number of nitrogens with zero attached hydrogens (tertiary/aromatic N) is 3. The van der Waals surface area contributed by atoms with Crippen molar-refractivity contribution in [3.63, 3.8) is 0 Å². The Hall–Kier alpha value is -5.96. The summed E-state index contributed by atoms with van der Waals surface area (Å²) in [6, 6.07) is 14.0. The van der Waals surface area contributed by atoms with Crippen molar-refractivity contribution in [2.45, 2.75) is 64.7 Å². The van der Waals surface area contributed by atoms with Gasteiger partial charge in [0.05, 0.1) is 18.9 Å². The number of likely N-dealkylation sites (N-methyl/N-ethyl adjacent to an activating group) is 1. The summed E-state index contributed by atoms with van der Waals surface area (Å²) >= 11 is 0. The molecule has 0 aliphatic heterocycles. The molecule has 0 radical (unpaired) electrons. The van der Waals surface area contributed by atoms with Crippen LogP contribution >= 0.6 is 0 Å². The average Bonchev–Trinajstić information content (AvgIpc) is 3.54. The number of aliphatic hydroxyl groups excluding tert-OH is 1. The first-order chi connectivity index (χ1) is 26.1. The number of hydrogen-bond donors (Lipinski definition) is 5. The lowest BCUT2D eigenvalue weighted by atomic mass is 9.82. The highest BCUT2D eigenvalue weighted by Crippen LogP contribution is 2.41. The van der Waals surface area contributed by atoms with E-state index in [1.165, 1.54) is 24.3 Å². The van der Waals surface area contributed by atoms with Gasteiger partial charge in [0.15, 0.2) is 0 Å². The molecule has 3 atom stereocenters. The Labute approximate surface area is 318 Å². The number of pyridine rings is 1. The lowest BCUT2D eigenvalue weighted by molar-refractivity contribution is -0.140. The lowest BCUT2D eigenvalue weighted by Crippen LogP contribution is -2.55. The molecule has 2 aromatic carbocycles. The second kappa shape index (κ2) is 18.9. The van der Waals surface area contributed by atoms with Gasteiger partial charge < -0.3 is 36.3 Å². The van der Waals surface area contributed by atoms with Crippen molar-refractivity contribution in [2.24, 2.45) is 11.1 Å². The zero-order valence-electron chi connectivity index (χ0n) is 31.2. The quantitative estimate of drug-likeness (QED) is 0.109. The van der Waals surface area contributed by atoms with Crippen molar-refractivity contribution in [1.29, 1.82) is 0 Å². The Morgan fingerprint density at radius 2 is 1.60 bits per heavy atom. The van der Waals surface area contributed by atoms with Crippen LogP contribution in [0.3, 0.4) is 0 Å². The molecule has 5 amide bonds. The molecule has 6 N–H and O–H groups in total. The maximum atomic E-state index is 15.1. The standard InChI is InChI=1S/C40H47F2N7O6/c1-40(2,3)37(33-19-27(29-20-28(41)10-11-30(29)42)23-48(33)22-26-8-6-5-7-9-26)49(36(53)24-50)17-14-31(38(54)44-4)47-39(55)32(21-34(43)51)46-35(52)18-25-12-15-45-16-13-25/h5-13,15-16,19-20,23,31-32,37,50H,14,17-18,21-22,24H2,1-4H3,(H2,43,51)(H,44,54)(H,46,52)(H,47,55)/t31-,32-,37-/m0/s1. The molecule has 13 nitrogen and oxygen atoms in total. The second-order valence-electron chi connectivity index (χ2n) is 14.2. The Bertz CT molecular complexity index is 1970. The zero-order chi connectivity index (χ0) is 40.3. The van der Waals surface area contributed by atoms with Crippen molar-refractivity contribution < 1.29 is 37.9 Å². The van der Waals surface area contributed by atoms with Gasteiger partial charge >= 0.3 is 0 Å². The van der Waals surface area contributed by atoms with Crippen LogP contribution in [0.4, 0.5) is 8.78 Å². The first-order valence-corrected chi connectivity index (χ1v) is 17.7. The number of aliphatic hydroxyl groups is 1. The number of nitrogens with two attached hydrogens (primary N) is 1. The third-order valence-electron chi connectivity index (χ3n) is 8.94. The minimum absolute atomic E-state index is 0.0153. The number of halogens is 2. The van der Waals surface area contributed by atoms with Gasteiger partial charge in [0.2, 0.25) is 29.5 Å². The summed E-state index contributed by atoms with van der Waals surface area (Å²) in [5.74, 6) is -4.91. The first-order valence-electron chi connectivity index (χ1n) is 17.7. The van der Waals surface area contributed by atoms with Gasteiger partial charge in [-0.3, -0.25) is 29.0 Å². The Morgan fingerprint density at radius 1 is 0.909 bits per heavy atom. The van der Waals surface area contributed by atoms with Gasteiger partial charge in [-0.1, -0.05) is 51.1 Å². The molecule has 292 valence electrons. The zero-order valence-corrected chi connectivity index (χ0v) is 31.2. The van der Waals surface area contributed by atoms with Crippen LogP contribution in [0.15, 0.2) is 85.3 Å². The van der Waals surface area contributed by atoms with Crippen molar-refractivity contribution in [3.05, 3.63) is 114 Å². The number of amides is 5. The number of carbonyl (C=O) groups excluding carboxylic acids is 5. The average molecular weight is 760 g/mol. The molecule has 2 aromatic heterocycles. The third-order valence-corrected chi connectivity index (χ3v) is 8.94. The van der Waals surface area contributed by atoms with E-state index in [2.05, 4.69) is 20.9 Å². The number of carbonyl (C=O) groups is 5. The molecule has 0 spiro atoms. The smallest absolute Gasteiger partial charge is 0.248 e. The molecule has 0 aliphatic rings. The van der Waals surface area contributed by atoms with E-state index in [9.17, 15) is 33.5 Å². The van der Waals surface area contributed by atoms with Crippen LogP contribution in [0.1, 0.15) is 56.5 Å². The summed E-state index contributed by atoms with van der Waals surface area (Å²) in [5, 5.41) is 17.8. The van der Waals surface area contributed by atoms with Crippen LogP contribution in [0.5, 0.6) is 0 Å². The van der Waals surface area contributed by atoms with Crippen LogP contribution in [0.25, 0.3) is 11.1 Å². The first kappa shape index (κ1) is 41.8. The van der Waals surface area contributed by atoms with E-state index in [0.717, 1.165) is 23.8 Å². The van der Waals surface area contributed by atoms with Gasteiger partial charge in [-0.2, -0.15) is 0 Å². The minimum atomic E-state index is -1.42. The fraction of sp³-hybridized carbons (Fsp3) is 0.350. The number of primary amides is 1. The monoisotopic (exact) mass is 759 g/mol. The van der Waals surface area contributed by atoms with Crippen molar-refractivity contribution in [1.82, 2.24) is 30.4 Å². The Balaban J connectivity index is 1.68. The predicted octanol–water partition coefficient (Wildman–Crippen LogP) is 3.01. The van der Waals surface area contributed by atoms with Crippen molar-refractivity contribution in [2.75, 3.05) is 20.2 Å². The maximum absolute atomic E-state index is 15.1. The fourth-order valence-corrected chi connectivity index (χ4v) is 6.43. The SMILES string of the molecule is CNC(=O)[C@H](CCN(C(=O)CO)[C@@H](c1cc(-c2cc(F)ccc2F)cn1Cc1ccccc1)C(C)(C)C)NC(=O)[C@H](CC(N)=O)NC(=O)Cc1ccncc1. The molecule has 0 saturated carbocycles. The van der Waals surface area contributed by atoms with Gasteiger partial charge in [0, 0.05) is 55.5 Å². The van der Waals surface area contributed by atoms with Crippen molar-refractivity contribution in [3.8, 4) is 11.1 Å². The number of benzene rings is 2. The molecule has 0 fully saturated rings. The molecule has 0 saturated heterocycles. The summed E-state index contributed by atoms with van der Waals surface area (Å²) in [5.41, 5.74) is 7.07. The molecular weight excluding hydrogens is 712 g/mol.